The van der Waals surface area contributed by atoms with Gasteiger partial charge >= 0.3 is 0 Å². The lowest BCUT2D eigenvalue weighted by atomic mass is 10.1. The van der Waals surface area contributed by atoms with Gasteiger partial charge in [0.05, 0.1) is 11.5 Å². The molecule has 1 heterocycles. The van der Waals surface area contributed by atoms with E-state index in [1.165, 1.54) is 12.1 Å². The largest absolute Gasteiger partial charge is 0.409 e. The van der Waals surface area contributed by atoms with Crippen molar-refractivity contribution in [1.82, 2.24) is 5.32 Å². The Kier molecular flexibility index (Phi) is 4.79. The van der Waals surface area contributed by atoms with Gasteiger partial charge < -0.3 is 16.3 Å². The van der Waals surface area contributed by atoms with Crippen LogP contribution in [0.4, 0.5) is 4.39 Å². The summed E-state index contributed by atoms with van der Waals surface area (Å²) in [6, 6.07) is 3.98. The van der Waals surface area contributed by atoms with Crippen LogP contribution < -0.4 is 11.1 Å². The van der Waals surface area contributed by atoms with Crippen LogP contribution >= 0.6 is 0 Å². The highest BCUT2D eigenvalue weighted by atomic mass is 32.2. The molecule has 1 aliphatic heterocycles. The molecule has 6 nitrogen and oxygen atoms in total. The van der Waals surface area contributed by atoms with E-state index in [1.807, 2.05) is 0 Å². The number of benzene rings is 1. The van der Waals surface area contributed by atoms with Gasteiger partial charge in [0, 0.05) is 18.2 Å². The van der Waals surface area contributed by atoms with Gasteiger partial charge in [-0.1, -0.05) is 5.16 Å². The number of oxime groups is 1. The van der Waals surface area contributed by atoms with Crippen LogP contribution in [0.1, 0.15) is 24.0 Å². The molecule has 116 valence electrons. The van der Waals surface area contributed by atoms with Gasteiger partial charge in [-0.3, -0.25) is 0 Å². The van der Waals surface area contributed by atoms with Crippen LogP contribution in [-0.4, -0.2) is 37.0 Å². The van der Waals surface area contributed by atoms with E-state index in [2.05, 4.69) is 10.5 Å². The molecule has 1 atom stereocenters. The Morgan fingerprint density at radius 3 is 2.90 bits per heavy atom. The summed E-state index contributed by atoms with van der Waals surface area (Å²) in [5.41, 5.74) is 6.33. The average molecular weight is 315 g/mol. The second-order valence-corrected chi connectivity index (χ2v) is 7.40. The van der Waals surface area contributed by atoms with Crippen molar-refractivity contribution >= 4 is 15.7 Å². The molecule has 21 heavy (non-hydrogen) atoms. The average Bonchev–Trinajstić information content (AvgIpc) is 2.42. The van der Waals surface area contributed by atoms with Gasteiger partial charge in [0.2, 0.25) is 0 Å². The molecule has 4 N–H and O–H groups in total. The van der Waals surface area contributed by atoms with Gasteiger partial charge in [-0.2, -0.15) is 0 Å². The van der Waals surface area contributed by atoms with E-state index in [4.69, 9.17) is 10.9 Å². The number of nitrogens with two attached hydrogens (primary N) is 1. The van der Waals surface area contributed by atoms with Gasteiger partial charge in [-0.25, -0.2) is 12.8 Å². The first-order chi connectivity index (χ1) is 9.89. The molecule has 2 rings (SSSR count). The number of sulfone groups is 1. The van der Waals surface area contributed by atoms with Gasteiger partial charge in [-0.15, -0.1) is 0 Å². The highest BCUT2D eigenvalue weighted by Gasteiger charge is 2.24. The van der Waals surface area contributed by atoms with Crippen molar-refractivity contribution in [3.8, 4) is 0 Å². The number of hydrogen-bond donors (Lipinski definition) is 3. The number of nitrogens with zero attached hydrogens (tertiary/aromatic N) is 1. The van der Waals surface area contributed by atoms with Gasteiger partial charge in [0.25, 0.3) is 0 Å². The molecule has 0 spiro atoms. The molecular formula is C13H18FN3O3S. The highest BCUT2D eigenvalue weighted by molar-refractivity contribution is 7.91. The molecular weight excluding hydrogens is 297 g/mol. The zero-order valence-corrected chi connectivity index (χ0v) is 12.2. The van der Waals surface area contributed by atoms with E-state index in [9.17, 15) is 12.8 Å². The Morgan fingerprint density at radius 1 is 1.48 bits per heavy atom. The molecule has 1 saturated heterocycles. The minimum atomic E-state index is -2.98. The lowest BCUT2D eigenvalue weighted by Crippen LogP contribution is -2.39. The summed E-state index contributed by atoms with van der Waals surface area (Å²) in [6.07, 6.45) is 1.42. The predicted molar refractivity (Wildman–Crippen MR) is 77.4 cm³/mol. The molecule has 1 unspecified atom stereocenters. The summed E-state index contributed by atoms with van der Waals surface area (Å²) in [5, 5.41) is 14.6. The highest BCUT2D eigenvalue weighted by Crippen LogP contribution is 2.14. The molecule has 1 aromatic rings. The number of nitrogens with one attached hydrogen (secondary N) is 1. The van der Waals surface area contributed by atoms with Crippen LogP contribution in [-0.2, 0) is 16.4 Å². The first-order valence-corrected chi connectivity index (χ1v) is 8.43. The second kappa shape index (κ2) is 6.40. The van der Waals surface area contributed by atoms with Crippen molar-refractivity contribution in [2.45, 2.75) is 25.4 Å². The fraction of sp³-hybridized carbons (Fsp3) is 0.462. The third kappa shape index (κ3) is 4.40. The van der Waals surface area contributed by atoms with Crippen LogP contribution in [0, 0.1) is 5.82 Å². The molecule has 1 aromatic carbocycles. The Morgan fingerprint density at radius 2 is 2.24 bits per heavy atom. The quantitative estimate of drug-likeness (QED) is 0.326. The zero-order chi connectivity index (χ0) is 15.5. The van der Waals surface area contributed by atoms with Crippen LogP contribution in [0.5, 0.6) is 0 Å². The first-order valence-electron chi connectivity index (χ1n) is 6.61. The lowest BCUT2D eigenvalue weighted by molar-refractivity contribution is 0.318. The SMILES string of the molecule is N/C(=N/O)c1cc(F)cc(CNC2CCCS(=O)(=O)C2)c1. The van der Waals surface area contributed by atoms with Crippen LogP contribution in [0.25, 0.3) is 0 Å². The Bertz CT molecular complexity index is 646. The standard InChI is InChI=1S/C13H18FN3O3S/c14-11-5-9(4-10(6-11)13(15)17-18)7-16-12-2-1-3-21(19,20)8-12/h4-6,12,16,18H,1-3,7-8H2,(H2,15,17). The second-order valence-electron chi connectivity index (χ2n) is 5.17. The predicted octanol–water partition coefficient (Wildman–Crippen LogP) is 0.587. The summed E-state index contributed by atoms with van der Waals surface area (Å²) < 4.78 is 36.6. The zero-order valence-electron chi connectivity index (χ0n) is 11.4. The summed E-state index contributed by atoms with van der Waals surface area (Å²) in [4.78, 5) is 0. The molecule has 8 heteroatoms. The number of halogens is 1. The van der Waals surface area contributed by atoms with Gasteiger partial charge in [0.1, 0.15) is 5.82 Å². The van der Waals surface area contributed by atoms with Crippen molar-refractivity contribution in [1.29, 1.82) is 0 Å². The molecule has 1 fully saturated rings. The molecule has 0 radical (unpaired) electrons. The van der Waals surface area contributed by atoms with Gasteiger partial charge in [0.15, 0.2) is 15.7 Å². The number of rotatable bonds is 4. The van der Waals surface area contributed by atoms with Crippen LogP contribution in [0.15, 0.2) is 23.4 Å². The van der Waals surface area contributed by atoms with Crippen molar-refractivity contribution in [2.24, 2.45) is 10.9 Å². The van der Waals surface area contributed by atoms with E-state index in [0.29, 0.717) is 18.5 Å². The number of hydrogen-bond acceptors (Lipinski definition) is 5. The molecule has 1 aliphatic rings. The maximum atomic E-state index is 13.5. The van der Waals surface area contributed by atoms with E-state index in [1.54, 1.807) is 6.07 Å². The summed E-state index contributed by atoms with van der Waals surface area (Å²) in [6.45, 7) is 0.323. The van der Waals surface area contributed by atoms with E-state index in [-0.39, 0.29) is 28.9 Å². The molecule has 0 bridgehead atoms. The van der Waals surface area contributed by atoms with Gasteiger partial charge in [-0.05, 0) is 36.6 Å². The topological polar surface area (TPSA) is 105 Å². The maximum absolute atomic E-state index is 13.5. The Balaban J connectivity index is 2.05. The van der Waals surface area contributed by atoms with Crippen molar-refractivity contribution in [3.05, 3.63) is 35.1 Å². The maximum Gasteiger partial charge on any atom is 0.170 e. The van der Waals surface area contributed by atoms with Crippen molar-refractivity contribution in [2.75, 3.05) is 11.5 Å². The fourth-order valence-electron chi connectivity index (χ4n) is 2.40. The summed E-state index contributed by atoms with van der Waals surface area (Å²) >= 11 is 0. The fourth-order valence-corrected chi connectivity index (χ4v) is 4.07. The third-order valence-corrected chi connectivity index (χ3v) is 5.24. The summed E-state index contributed by atoms with van der Waals surface area (Å²) in [5.74, 6) is -0.322. The van der Waals surface area contributed by atoms with Crippen molar-refractivity contribution < 1.29 is 18.0 Å². The molecule has 0 saturated carbocycles. The van der Waals surface area contributed by atoms with Crippen molar-refractivity contribution in [3.63, 3.8) is 0 Å². The lowest BCUT2D eigenvalue weighted by Gasteiger charge is -2.23. The van der Waals surface area contributed by atoms with E-state index < -0.39 is 15.7 Å². The third-order valence-electron chi connectivity index (χ3n) is 3.42. The first kappa shape index (κ1) is 15.7. The minimum absolute atomic E-state index is 0.107. The smallest absolute Gasteiger partial charge is 0.170 e. The van der Waals surface area contributed by atoms with Crippen LogP contribution in [0.3, 0.4) is 0 Å². The minimum Gasteiger partial charge on any atom is -0.409 e. The molecule has 0 amide bonds. The normalized spacial score (nSPS) is 22.1. The Hall–Kier alpha value is -1.67. The summed E-state index contributed by atoms with van der Waals surface area (Å²) in [7, 11) is -2.98. The number of amidine groups is 1. The van der Waals surface area contributed by atoms with Crippen LogP contribution in [0.2, 0.25) is 0 Å². The molecule has 0 aromatic heterocycles. The monoisotopic (exact) mass is 315 g/mol. The molecule has 0 aliphatic carbocycles. The van der Waals surface area contributed by atoms with E-state index >= 15 is 0 Å². The Labute approximate surface area is 122 Å². The van der Waals surface area contributed by atoms with E-state index in [0.717, 1.165) is 6.42 Å².